The van der Waals surface area contributed by atoms with E-state index < -0.39 is 0 Å². The fraction of sp³-hybridized carbons (Fsp3) is 0.0435. The molecule has 0 spiro atoms. The number of benzene rings is 2. The van der Waals surface area contributed by atoms with Crippen molar-refractivity contribution in [2.24, 2.45) is 5.10 Å². The SMILES string of the molecule is Clc1nc2cc3c(cc2cc1/C=N\Nc1ncnc2scc(-c4ccccc4)c12)OCO3. The number of halogens is 1. The molecular formula is C23H14ClN5O2S. The summed E-state index contributed by atoms with van der Waals surface area (Å²) in [6, 6.07) is 15.8. The highest BCUT2D eigenvalue weighted by molar-refractivity contribution is 7.17. The Morgan fingerprint density at radius 2 is 1.91 bits per heavy atom. The predicted molar refractivity (Wildman–Crippen MR) is 127 cm³/mol. The largest absolute Gasteiger partial charge is 0.454 e. The Labute approximate surface area is 191 Å². The number of hydrogen-bond acceptors (Lipinski definition) is 8. The molecule has 6 rings (SSSR count). The summed E-state index contributed by atoms with van der Waals surface area (Å²) >= 11 is 7.96. The van der Waals surface area contributed by atoms with E-state index in [1.165, 1.54) is 6.33 Å². The van der Waals surface area contributed by atoms with E-state index in [2.05, 4.69) is 43.0 Å². The fourth-order valence-corrected chi connectivity index (χ4v) is 4.71. The summed E-state index contributed by atoms with van der Waals surface area (Å²) in [5.74, 6) is 1.98. The van der Waals surface area contributed by atoms with E-state index in [-0.39, 0.29) is 6.79 Å². The minimum Gasteiger partial charge on any atom is -0.454 e. The van der Waals surface area contributed by atoms with Crippen molar-refractivity contribution < 1.29 is 9.47 Å². The third-order valence-corrected chi connectivity index (χ3v) is 6.31. The molecule has 0 bridgehead atoms. The van der Waals surface area contributed by atoms with E-state index in [1.54, 1.807) is 17.6 Å². The first-order chi connectivity index (χ1) is 15.8. The van der Waals surface area contributed by atoms with Crippen LogP contribution in [0, 0.1) is 0 Å². The molecule has 5 aromatic rings. The van der Waals surface area contributed by atoms with Crippen LogP contribution in [-0.2, 0) is 0 Å². The second-order valence-corrected chi connectivity index (χ2v) is 8.27. The van der Waals surface area contributed by atoms with Crippen LogP contribution in [0.15, 0.2) is 65.3 Å². The van der Waals surface area contributed by atoms with Gasteiger partial charge in [-0.25, -0.2) is 15.0 Å². The highest BCUT2D eigenvalue weighted by Crippen LogP contribution is 2.37. The van der Waals surface area contributed by atoms with Crippen molar-refractivity contribution in [1.29, 1.82) is 0 Å². The molecule has 0 radical (unpaired) electrons. The number of fused-ring (bicyclic) bond motifs is 3. The smallest absolute Gasteiger partial charge is 0.231 e. The molecule has 2 aromatic carbocycles. The zero-order valence-electron chi connectivity index (χ0n) is 16.4. The maximum Gasteiger partial charge on any atom is 0.231 e. The van der Waals surface area contributed by atoms with Gasteiger partial charge in [-0.2, -0.15) is 5.10 Å². The van der Waals surface area contributed by atoms with Crippen LogP contribution in [0.2, 0.25) is 5.15 Å². The summed E-state index contributed by atoms with van der Waals surface area (Å²) in [7, 11) is 0. The van der Waals surface area contributed by atoms with Crippen molar-refractivity contribution >= 4 is 56.1 Å². The first kappa shape index (κ1) is 19.0. The van der Waals surface area contributed by atoms with Crippen LogP contribution in [0.4, 0.5) is 5.82 Å². The van der Waals surface area contributed by atoms with E-state index in [9.17, 15) is 0 Å². The first-order valence-electron chi connectivity index (χ1n) is 9.73. The number of nitrogens with one attached hydrogen (secondary N) is 1. The van der Waals surface area contributed by atoms with Gasteiger partial charge in [0.1, 0.15) is 16.3 Å². The standard InChI is InChI=1S/C23H14ClN5O2S/c24-21-15(6-14-7-18-19(31-12-30-18)8-17(14)28-21)9-27-29-22-20-16(13-4-2-1-3-5-13)10-32-23(20)26-11-25-22/h1-11H,12H2,(H,25,26,29)/b27-9-. The summed E-state index contributed by atoms with van der Waals surface area (Å²) in [5.41, 5.74) is 6.60. The molecule has 7 nitrogen and oxygen atoms in total. The van der Waals surface area contributed by atoms with Crippen LogP contribution in [0.5, 0.6) is 11.5 Å². The second kappa shape index (κ2) is 7.74. The summed E-state index contributed by atoms with van der Waals surface area (Å²) in [4.78, 5) is 14.1. The van der Waals surface area contributed by atoms with E-state index in [0.29, 0.717) is 28.0 Å². The fourth-order valence-electron chi connectivity index (χ4n) is 3.60. The van der Waals surface area contributed by atoms with Crippen molar-refractivity contribution in [3.8, 4) is 22.6 Å². The number of anilines is 1. The zero-order chi connectivity index (χ0) is 21.5. The quantitative estimate of drug-likeness (QED) is 0.210. The van der Waals surface area contributed by atoms with Crippen LogP contribution in [0.25, 0.3) is 32.2 Å². The first-order valence-corrected chi connectivity index (χ1v) is 11.0. The van der Waals surface area contributed by atoms with Gasteiger partial charge < -0.3 is 9.47 Å². The van der Waals surface area contributed by atoms with E-state index in [1.807, 2.05) is 36.4 Å². The van der Waals surface area contributed by atoms with Crippen LogP contribution in [-0.4, -0.2) is 28.0 Å². The number of hydrogen-bond donors (Lipinski definition) is 1. The van der Waals surface area contributed by atoms with E-state index >= 15 is 0 Å². The summed E-state index contributed by atoms with van der Waals surface area (Å²) in [5, 5.41) is 8.61. The average molecular weight is 460 g/mol. The lowest BCUT2D eigenvalue weighted by atomic mass is 10.1. The third-order valence-electron chi connectivity index (χ3n) is 5.12. The maximum atomic E-state index is 6.39. The van der Waals surface area contributed by atoms with Crippen LogP contribution < -0.4 is 14.9 Å². The highest BCUT2D eigenvalue weighted by atomic mass is 35.5. The van der Waals surface area contributed by atoms with Gasteiger partial charge in [-0.05, 0) is 17.7 Å². The Morgan fingerprint density at radius 3 is 2.78 bits per heavy atom. The van der Waals surface area contributed by atoms with Gasteiger partial charge in [0.25, 0.3) is 0 Å². The van der Waals surface area contributed by atoms with Crippen LogP contribution >= 0.6 is 22.9 Å². The number of thiophene rings is 1. The minimum absolute atomic E-state index is 0.207. The Hall–Kier alpha value is -3.75. The Balaban J connectivity index is 1.34. The maximum absolute atomic E-state index is 6.39. The lowest BCUT2D eigenvalue weighted by molar-refractivity contribution is 0.174. The van der Waals surface area contributed by atoms with Crippen LogP contribution in [0.3, 0.4) is 0 Å². The lowest BCUT2D eigenvalue weighted by Gasteiger charge is -2.06. The normalized spacial score (nSPS) is 12.8. The topological polar surface area (TPSA) is 81.5 Å². The Bertz CT molecular complexity index is 1500. The summed E-state index contributed by atoms with van der Waals surface area (Å²) in [6.07, 6.45) is 3.15. The van der Waals surface area contributed by atoms with Crippen molar-refractivity contribution in [2.75, 3.05) is 12.2 Å². The Kier molecular flexibility index (Phi) is 4.59. The number of nitrogens with zero attached hydrogens (tertiary/aromatic N) is 4. The molecule has 0 unspecified atom stereocenters. The molecule has 9 heteroatoms. The third kappa shape index (κ3) is 3.30. The zero-order valence-corrected chi connectivity index (χ0v) is 18.0. The van der Waals surface area contributed by atoms with Gasteiger partial charge in [-0.1, -0.05) is 41.9 Å². The number of pyridine rings is 1. The van der Waals surface area contributed by atoms with Gasteiger partial charge in [-0.15, -0.1) is 11.3 Å². The molecule has 0 fully saturated rings. The number of aromatic nitrogens is 3. The van der Waals surface area contributed by atoms with Gasteiger partial charge in [0.15, 0.2) is 17.3 Å². The molecule has 0 amide bonds. The van der Waals surface area contributed by atoms with Crippen molar-refractivity contribution in [3.63, 3.8) is 0 Å². The molecule has 1 N–H and O–H groups in total. The molecule has 4 heterocycles. The molecule has 156 valence electrons. The molecule has 1 aliphatic heterocycles. The molecule has 1 aliphatic rings. The molecule has 0 atom stereocenters. The van der Waals surface area contributed by atoms with Gasteiger partial charge >= 0.3 is 0 Å². The van der Waals surface area contributed by atoms with Gasteiger partial charge in [-0.3, -0.25) is 5.43 Å². The van der Waals surface area contributed by atoms with Gasteiger partial charge in [0.2, 0.25) is 6.79 Å². The molecule has 0 saturated heterocycles. The average Bonchev–Trinajstić information content (AvgIpc) is 3.45. The van der Waals surface area contributed by atoms with E-state index in [4.69, 9.17) is 21.1 Å². The molecule has 32 heavy (non-hydrogen) atoms. The minimum atomic E-state index is 0.207. The van der Waals surface area contributed by atoms with Gasteiger partial charge in [0.05, 0.1) is 17.1 Å². The van der Waals surface area contributed by atoms with Crippen molar-refractivity contribution in [3.05, 3.63) is 71.0 Å². The van der Waals surface area contributed by atoms with Crippen molar-refractivity contribution in [1.82, 2.24) is 15.0 Å². The van der Waals surface area contributed by atoms with Crippen molar-refractivity contribution in [2.45, 2.75) is 0 Å². The molecule has 0 saturated carbocycles. The Morgan fingerprint density at radius 1 is 1.06 bits per heavy atom. The predicted octanol–water partition coefficient (Wildman–Crippen LogP) is 5.73. The van der Waals surface area contributed by atoms with Crippen LogP contribution in [0.1, 0.15) is 5.56 Å². The monoisotopic (exact) mass is 459 g/mol. The number of rotatable bonds is 4. The number of ether oxygens (including phenoxy) is 2. The molecule has 0 aliphatic carbocycles. The molecule has 3 aromatic heterocycles. The lowest BCUT2D eigenvalue weighted by Crippen LogP contribution is -1.96. The summed E-state index contributed by atoms with van der Waals surface area (Å²) < 4.78 is 10.9. The second-order valence-electron chi connectivity index (χ2n) is 7.05. The van der Waals surface area contributed by atoms with E-state index in [0.717, 1.165) is 32.2 Å². The molecular weight excluding hydrogens is 446 g/mol. The summed E-state index contributed by atoms with van der Waals surface area (Å²) in [6.45, 7) is 0.207. The highest BCUT2D eigenvalue weighted by Gasteiger charge is 2.16. The van der Waals surface area contributed by atoms with Gasteiger partial charge in [0, 0.05) is 28.0 Å². The number of hydrazone groups is 1.